The summed E-state index contributed by atoms with van der Waals surface area (Å²) in [4.78, 5) is 10.8. The van der Waals surface area contributed by atoms with Crippen LogP contribution in [0.15, 0.2) is 22.9 Å². The Morgan fingerprint density at radius 3 is 2.80 bits per heavy atom. The van der Waals surface area contributed by atoms with E-state index in [1.807, 2.05) is 19.9 Å². The molecule has 0 N–H and O–H groups in total. The molecule has 78 valence electrons. The second-order valence-corrected chi connectivity index (χ2v) is 4.44. The molecule has 0 aliphatic rings. The van der Waals surface area contributed by atoms with Gasteiger partial charge in [0.15, 0.2) is 6.29 Å². The van der Waals surface area contributed by atoms with Gasteiger partial charge in [-0.25, -0.2) is 0 Å². The lowest BCUT2D eigenvalue weighted by Gasteiger charge is -2.07. The predicted octanol–water partition coefficient (Wildman–Crippen LogP) is 3.03. The van der Waals surface area contributed by atoms with Crippen LogP contribution >= 0.6 is 11.3 Å². The van der Waals surface area contributed by atoms with Crippen LogP contribution in [0.2, 0.25) is 0 Å². The van der Waals surface area contributed by atoms with Gasteiger partial charge in [0.05, 0.1) is 0 Å². The van der Waals surface area contributed by atoms with Gasteiger partial charge in [-0.3, -0.25) is 4.79 Å². The Balaban J connectivity index is 2.36. The minimum Gasteiger partial charge on any atom is -0.344 e. The molecule has 0 aliphatic carbocycles. The standard InChI is InChI=1S/C12H13NOS/c1-9-5-12(7-14)10(2)13(9)6-11-3-4-15-8-11/h3-5,7-8H,6H2,1-2H3. The second kappa shape index (κ2) is 4.03. The molecule has 3 heteroatoms. The van der Waals surface area contributed by atoms with E-state index in [9.17, 15) is 4.79 Å². The van der Waals surface area contributed by atoms with E-state index >= 15 is 0 Å². The minimum atomic E-state index is 0.794. The third-order valence-corrected chi connectivity index (χ3v) is 3.39. The van der Waals surface area contributed by atoms with E-state index in [0.717, 1.165) is 29.8 Å². The summed E-state index contributed by atoms with van der Waals surface area (Å²) in [5.74, 6) is 0. The van der Waals surface area contributed by atoms with Gasteiger partial charge in [0.25, 0.3) is 0 Å². The zero-order valence-corrected chi connectivity index (χ0v) is 9.67. The zero-order chi connectivity index (χ0) is 10.8. The Kier molecular flexibility index (Phi) is 2.73. The number of nitrogens with zero attached hydrogens (tertiary/aromatic N) is 1. The number of thiophene rings is 1. The van der Waals surface area contributed by atoms with Crippen LogP contribution in [0.4, 0.5) is 0 Å². The van der Waals surface area contributed by atoms with E-state index in [4.69, 9.17) is 0 Å². The maximum Gasteiger partial charge on any atom is 0.151 e. The van der Waals surface area contributed by atoms with E-state index in [1.165, 1.54) is 5.56 Å². The van der Waals surface area contributed by atoms with Gasteiger partial charge >= 0.3 is 0 Å². The highest BCUT2D eigenvalue weighted by Crippen LogP contribution is 2.16. The fourth-order valence-corrected chi connectivity index (χ4v) is 2.42. The first kappa shape index (κ1) is 10.2. The molecular weight excluding hydrogens is 206 g/mol. The van der Waals surface area contributed by atoms with Crippen molar-refractivity contribution in [2.45, 2.75) is 20.4 Å². The van der Waals surface area contributed by atoms with Gasteiger partial charge in [0.2, 0.25) is 0 Å². The molecule has 0 radical (unpaired) electrons. The highest BCUT2D eigenvalue weighted by atomic mass is 32.1. The molecule has 0 saturated heterocycles. The van der Waals surface area contributed by atoms with Gasteiger partial charge in [-0.2, -0.15) is 11.3 Å². The molecule has 2 aromatic heterocycles. The van der Waals surface area contributed by atoms with Crippen LogP contribution in [0, 0.1) is 13.8 Å². The fourth-order valence-electron chi connectivity index (χ4n) is 1.76. The molecule has 0 unspecified atom stereocenters. The normalized spacial score (nSPS) is 10.5. The first-order valence-electron chi connectivity index (χ1n) is 4.85. The van der Waals surface area contributed by atoms with Crippen molar-refractivity contribution >= 4 is 17.6 Å². The summed E-state index contributed by atoms with van der Waals surface area (Å²) in [7, 11) is 0. The molecule has 0 saturated carbocycles. The number of rotatable bonds is 3. The molecule has 0 spiro atoms. The number of aldehydes is 1. The molecule has 2 rings (SSSR count). The van der Waals surface area contributed by atoms with Crippen molar-refractivity contribution in [2.75, 3.05) is 0 Å². The van der Waals surface area contributed by atoms with Gasteiger partial charge < -0.3 is 4.57 Å². The number of hydrogen-bond acceptors (Lipinski definition) is 2. The molecular formula is C12H13NOS. The summed E-state index contributed by atoms with van der Waals surface area (Å²) in [5, 5.41) is 4.21. The fraction of sp³-hybridized carbons (Fsp3) is 0.250. The lowest BCUT2D eigenvalue weighted by atomic mass is 10.3. The molecule has 2 aromatic rings. The topological polar surface area (TPSA) is 22.0 Å². The van der Waals surface area contributed by atoms with Crippen LogP contribution in [-0.4, -0.2) is 10.9 Å². The van der Waals surface area contributed by atoms with Crippen LogP contribution < -0.4 is 0 Å². The smallest absolute Gasteiger partial charge is 0.151 e. The van der Waals surface area contributed by atoms with Crippen molar-refractivity contribution in [3.05, 3.63) is 45.4 Å². The molecule has 15 heavy (non-hydrogen) atoms. The van der Waals surface area contributed by atoms with Crippen LogP contribution in [-0.2, 0) is 6.54 Å². The lowest BCUT2D eigenvalue weighted by molar-refractivity contribution is 0.112. The second-order valence-electron chi connectivity index (χ2n) is 3.66. The van der Waals surface area contributed by atoms with Crippen LogP contribution in [0.3, 0.4) is 0 Å². The Morgan fingerprint density at radius 1 is 1.47 bits per heavy atom. The first-order valence-corrected chi connectivity index (χ1v) is 5.79. The quantitative estimate of drug-likeness (QED) is 0.727. The Bertz CT molecular complexity index is 468. The Hall–Kier alpha value is -1.35. The van der Waals surface area contributed by atoms with Gasteiger partial charge in [0, 0.05) is 23.5 Å². The lowest BCUT2D eigenvalue weighted by Crippen LogP contribution is -2.03. The molecule has 0 amide bonds. The monoisotopic (exact) mass is 219 g/mol. The average molecular weight is 219 g/mol. The number of carbonyl (C=O) groups excluding carboxylic acids is 1. The number of carbonyl (C=O) groups is 1. The van der Waals surface area contributed by atoms with Crippen molar-refractivity contribution in [3.8, 4) is 0 Å². The van der Waals surface area contributed by atoms with Gasteiger partial charge in [-0.1, -0.05) is 0 Å². The average Bonchev–Trinajstić information content (AvgIpc) is 2.81. The highest BCUT2D eigenvalue weighted by Gasteiger charge is 2.08. The molecule has 0 aliphatic heterocycles. The Morgan fingerprint density at radius 2 is 2.27 bits per heavy atom. The van der Waals surface area contributed by atoms with Crippen molar-refractivity contribution in [1.82, 2.24) is 4.57 Å². The van der Waals surface area contributed by atoms with E-state index < -0.39 is 0 Å². The number of aromatic nitrogens is 1. The molecule has 0 fully saturated rings. The van der Waals surface area contributed by atoms with E-state index in [-0.39, 0.29) is 0 Å². The van der Waals surface area contributed by atoms with Crippen molar-refractivity contribution in [3.63, 3.8) is 0 Å². The molecule has 0 atom stereocenters. The van der Waals surface area contributed by atoms with Gasteiger partial charge in [-0.05, 0) is 42.3 Å². The molecule has 0 aromatic carbocycles. The van der Waals surface area contributed by atoms with Gasteiger partial charge in [-0.15, -0.1) is 0 Å². The van der Waals surface area contributed by atoms with Crippen molar-refractivity contribution in [2.24, 2.45) is 0 Å². The Labute approximate surface area is 93.2 Å². The summed E-state index contributed by atoms with van der Waals surface area (Å²) in [5.41, 5.74) is 4.27. The third kappa shape index (κ3) is 1.88. The highest BCUT2D eigenvalue weighted by molar-refractivity contribution is 7.07. The maximum atomic E-state index is 10.8. The van der Waals surface area contributed by atoms with Crippen LogP contribution in [0.5, 0.6) is 0 Å². The maximum absolute atomic E-state index is 10.8. The summed E-state index contributed by atoms with van der Waals surface area (Å²) in [6, 6.07) is 4.05. The zero-order valence-electron chi connectivity index (χ0n) is 8.86. The molecule has 2 heterocycles. The molecule has 2 nitrogen and oxygen atoms in total. The summed E-state index contributed by atoms with van der Waals surface area (Å²) >= 11 is 1.70. The van der Waals surface area contributed by atoms with Crippen molar-refractivity contribution in [1.29, 1.82) is 0 Å². The first-order chi connectivity index (χ1) is 7.22. The van der Waals surface area contributed by atoms with Crippen LogP contribution in [0.1, 0.15) is 27.3 Å². The number of aryl methyl sites for hydroxylation is 1. The summed E-state index contributed by atoms with van der Waals surface area (Å²) in [6.07, 6.45) is 0.923. The van der Waals surface area contributed by atoms with E-state index in [0.29, 0.717) is 0 Å². The minimum absolute atomic E-state index is 0.794. The number of hydrogen-bond donors (Lipinski definition) is 0. The van der Waals surface area contributed by atoms with E-state index in [2.05, 4.69) is 21.4 Å². The SMILES string of the molecule is Cc1cc(C=O)c(C)n1Cc1ccsc1. The van der Waals surface area contributed by atoms with Gasteiger partial charge in [0.1, 0.15) is 0 Å². The largest absolute Gasteiger partial charge is 0.344 e. The predicted molar refractivity (Wildman–Crippen MR) is 62.7 cm³/mol. The van der Waals surface area contributed by atoms with E-state index in [1.54, 1.807) is 11.3 Å². The third-order valence-electron chi connectivity index (χ3n) is 2.66. The molecule has 0 bridgehead atoms. The summed E-state index contributed by atoms with van der Waals surface area (Å²) in [6.45, 7) is 4.88. The summed E-state index contributed by atoms with van der Waals surface area (Å²) < 4.78 is 2.17. The van der Waals surface area contributed by atoms with Crippen LogP contribution in [0.25, 0.3) is 0 Å². The van der Waals surface area contributed by atoms with Crippen molar-refractivity contribution < 1.29 is 4.79 Å².